The topological polar surface area (TPSA) is 184 Å². The van der Waals surface area contributed by atoms with E-state index in [4.69, 9.17) is 10.8 Å². The first kappa shape index (κ1) is 22.3. The fourth-order valence-electron chi connectivity index (χ4n) is 2.97. The largest absolute Gasteiger partial charge is 0.480 e. The van der Waals surface area contributed by atoms with Crippen LogP contribution < -0.4 is 11.1 Å². The summed E-state index contributed by atoms with van der Waals surface area (Å²) in [6.07, 6.45) is 0.235. The van der Waals surface area contributed by atoms with Crippen molar-refractivity contribution in [2.45, 2.75) is 42.7 Å². The predicted octanol–water partition coefficient (Wildman–Crippen LogP) is -0.627. The number of rotatable bonds is 9. The van der Waals surface area contributed by atoms with E-state index in [9.17, 15) is 32.7 Å². The third kappa shape index (κ3) is 5.29. The zero-order valence-corrected chi connectivity index (χ0v) is 16.1. The lowest BCUT2D eigenvalue weighted by Crippen LogP contribution is -2.41. The van der Waals surface area contributed by atoms with Crippen LogP contribution in [-0.2, 0) is 24.4 Å². The lowest BCUT2D eigenvalue weighted by molar-refractivity contribution is -0.141. The van der Waals surface area contributed by atoms with Crippen molar-refractivity contribution in [3.8, 4) is 0 Å². The number of nitrogens with zero attached hydrogens (tertiary/aromatic N) is 1. The highest BCUT2D eigenvalue weighted by Gasteiger charge is 2.39. The van der Waals surface area contributed by atoms with E-state index in [-0.39, 0.29) is 36.3 Å². The van der Waals surface area contributed by atoms with Crippen LogP contribution in [0.3, 0.4) is 0 Å². The van der Waals surface area contributed by atoms with E-state index >= 15 is 0 Å². The molecule has 2 amide bonds. The second kappa shape index (κ2) is 9.01. The summed E-state index contributed by atoms with van der Waals surface area (Å²) in [7, 11) is -4.05. The summed E-state index contributed by atoms with van der Waals surface area (Å²) in [5, 5.41) is 20.5. The maximum absolute atomic E-state index is 12.7. The zero-order chi connectivity index (χ0) is 21.8. The van der Waals surface area contributed by atoms with Crippen molar-refractivity contribution in [2.75, 3.05) is 6.54 Å². The van der Waals surface area contributed by atoms with Gasteiger partial charge in [-0.25, -0.2) is 13.2 Å². The van der Waals surface area contributed by atoms with Gasteiger partial charge in [-0.1, -0.05) is 0 Å². The molecule has 0 radical (unpaired) electrons. The molecule has 1 heterocycles. The lowest BCUT2D eigenvalue weighted by Gasteiger charge is -2.21. The number of nitrogens with two attached hydrogens (primary N) is 1. The lowest BCUT2D eigenvalue weighted by atomic mass is 10.1. The number of carboxylic acid groups (broad SMARTS) is 2. The summed E-state index contributed by atoms with van der Waals surface area (Å²) < 4.78 is 26.3. The van der Waals surface area contributed by atoms with Gasteiger partial charge in [0.05, 0.1) is 4.90 Å². The van der Waals surface area contributed by atoms with Crippen molar-refractivity contribution in [2.24, 2.45) is 5.73 Å². The summed E-state index contributed by atoms with van der Waals surface area (Å²) >= 11 is 0. The highest BCUT2D eigenvalue weighted by molar-refractivity contribution is 7.89. The monoisotopic (exact) mass is 427 g/mol. The third-order valence-corrected chi connectivity index (χ3v) is 6.42. The van der Waals surface area contributed by atoms with Crippen LogP contribution in [0.1, 0.15) is 36.0 Å². The van der Waals surface area contributed by atoms with Gasteiger partial charge in [-0.05, 0) is 43.5 Å². The Kier molecular flexibility index (Phi) is 6.93. The number of carbonyl (C=O) groups excluding carboxylic acids is 2. The van der Waals surface area contributed by atoms with Crippen molar-refractivity contribution in [1.29, 1.82) is 0 Å². The van der Waals surface area contributed by atoms with E-state index in [1.54, 1.807) is 0 Å². The van der Waals surface area contributed by atoms with Gasteiger partial charge in [0.2, 0.25) is 15.9 Å². The first-order valence-electron chi connectivity index (χ1n) is 8.70. The molecule has 0 aromatic heterocycles. The average Bonchev–Trinajstić information content (AvgIpc) is 3.15. The molecule has 29 heavy (non-hydrogen) atoms. The van der Waals surface area contributed by atoms with Gasteiger partial charge in [-0.15, -0.1) is 0 Å². The summed E-state index contributed by atoms with van der Waals surface area (Å²) in [5.74, 6) is -4.04. The highest BCUT2D eigenvalue weighted by Crippen LogP contribution is 2.26. The Hall–Kier alpha value is -2.99. The maximum atomic E-state index is 12.7. The Morgan fingerprint density at radius 2 is 1.79 bits per heavy atom. The predicted molar refractivity (Wildman–Crippen MR) is 98.3 cm³/mol. The van der Waals surface area contributed by atoms with Gasteiger partial charge in [0.25, 0.3) is 5.91 Å². The van der Waals surface area contributed by atoms with Crippen LogP contribution in [0.2, 0.25) is 0 Å². The van der Waals surface area contributed by atoms with Crippen molar-refractivity contribution in [3.05, 3.63) is 29.8 Å². The molecule has 12 heteroatoms. The smallest absolute Gasteiger partial charge is 0.326 e. The Labute approximate surface area is 166 Å². The van der Waals surface area contributed by atoms with Crippen LogP contribution in [0.5, 0.6) is 0 Å². The van der Waals surface area contributed by atoms with Crippen molar-refractivity contribution >= 4 is 33.8 Å². The fourth-order valence-corrected chi connectivity index (χ4v) is 4.62. The number of hydrogen-bond donors (Lipinski definition) is 4. The van der Waals surface area contributed by atoms with Crippen LogP contribution in [0, 0.1) is 0 Å². The van der Waals surface area contributed by atoms with Gasteiger partial charge >= 0.3 is 11.9 Å². The van der Waals surface area contributed by atoms with E-state index in [2.05, 4.69) is 5.32 Å². The number of primary amides is 1. The Balaban J connectivity index is 2.14. The van der Waals surface area contributed by atoms with Gasteiger partial charge in [0, 0.05) is 18.5 Å². The van der Waals surface area contributed by atoms with Gasteiger partial charge < -0.3 is 21.3 Å². The highest BCUT2D eigenvalue weighted by atomic mass is 32.2. The number of carbonyl (C=O) groups is 4. The van der Waals surface area contributed by atoms with Crippen LogP contribution in [0.15, 0.2) is 29.2 Å². The number of benzene rings is 1. The molecule has 0 bridgehead atoms. The zero-order valence-electron chi connectivity index (χ0n) is 15.3. The molecular formula is C17H21N3O8S. The summed E-state index contributed by atoms with van der Waals surface area (Å²) in [6, 6.07) is 2.23. The van der Waals surface area contributed by atoms with Crippen molar-refractivity contribution < 1.29 is 37.8 Å². The minimum absolute atomic E-state index is 0.00508. The van der Waals surface area contributed by atoms with E-state index in [1.807, 2.05) is 0 Å². The molecule has 0 saturated carbocycles. The number of sulfonamides is 1. The first-order chi connectivity index (χ1) is 13.5. The molecule has 1 unspecified atom stereocenters. The molecule has 1 fully saturated rings. The minimum atomic E-state index is -4.05. The molecule has 2 rings (SSSR count). The van der Waals surface area contributed by atoms with Gasteiger partial charge in [0.15, 0.2) is 0 Å². The molecule has 1 aromatic carbocycles. The molecule has 0 aliphatic carbocycles. The van der Waals surface area contributed by atoms with E-state index in [0.29, 0.717) is 6.42 Å². The minimum Gasteiger partial charge on any atom is -0.480 e. The molecule has 0 spiro atoms. The molecule has 1 aromatic rings. The molecule has 11 nitrogen and oxygen atoms in total. The molecule has 5 N–H and O–H groups in total. The number of hydrogen-bond acceptors (Lipinski definition) is 6. The summed E-state index contributed by atoms with van der Waals surface area (Å²) in [5.41, 5.74) is 4.98. The van der Waals surface area contributed by atoms with Crippen LogP contribution >= 0.6 is 0 Å². The van der Waals surface area contributed by atoms with Gasteiger partial charge in [0.1, 0.15) is 12.1 Å². The van der Waals surface area contributed by atoms with E-state index in [1.165, 1.54) is 12.1 Å². The molecular weight excluding hydrogens is 406 g/mol. The van der Waals surface area contributed by atoms with E-state index < -0.39 is 45.9 Å². The number of carboxylic acids is 2. The second-order valence-electron chi connectivity index (χ2n) is 6.51. The van der Waals surface area contributed by atoms with Crippen LogP contribution in [-0.4, -0.2) is 65.3 Å². The summed E-state index contributed by atoms with van der Waals surface area (Å²) in [4.78, 5) is 45.3. The molecule has 1 saturated heterocycles. The maximum Gasteiger partial charge on any atom is 0.326 e. The standard InChI is InChI=1S/C17H21N3O8S/c18-14(21)8-7-12(16(23)24)19-15(22)10-3-5-11(6-4-10)29(27,28)20-9-1-2-13(20)17(25)26/h3-6,12-13H,1-2,7-9H2,(H2,18,21)(H,19,22)(H,23,24)(H,25,26)/t12-,13?/m0/s1. The molecule has 1 aliphatic heterocycles. The molecule has 158 valence electrons. The van der Waals surface area contributed by atoms with Gasteiger partial charge in [-0.2, -0.15) is 4.31 Å². The SMILES string of the molecule is NC(=O)CC[C@H](NC(=O)c1ccc(S(=O)(=O)N2CCCC2C(=O)O)cc1)C(=O)O. The van der Waals surface area contributed by atoms with Gasteiger partial charge in [-0.3, -0.25) is 14.4 Å². The fraction of sp³-hybridized carbons (Fsp3) is 0.412. The number of aliphatic carboxylic acids is 2. The Morgan fingerprint density at radius 1 is 1.17 bits per heavy atom. The third-order valence-electron chi connectivity index (χ3n) is 4.49. The van der Waals surface area contributed by atoms with E-state index in [0.717, 1.165) is 16.4 Å². The number of nitrogens with one attached hydrogen (secondary N) is 1. The molecule has 1 aliphatic rings. The summed E-state index contributed by atoms with van der Waals surface area (Å²) in [6.45, 7) is 0.0850. The van der Waals surface area contributed by atoms with Crippen molar-refractivity contribution in [1.82, 2.24) is 9.62 Å². The Bertz CT molecular complexity index is 913. The normalized spacial score (nSPS) is 18.1. The number of amides is 2. The first-order valence-corrected chi connectivity index (χ1v) is 10.1. The quantitative estimate of drug-likeness (QED) is 0.401. The van der Waals surface area contributed by atoms with Crippen molar-refractivity contribution in [3.63, 3.8) is 0 Å². The Morgan fingerprint density at radius 3 is 2.31 bits per heavy atom. The molecule has 2 atom stereocenters. The van der Waals surface area contributed by atoms with Crippen LogP contribution in [0.25, 0.3) is 0 Å². The van der Waals surface area contributed by atoms with Crippen LogP contribution in [0.4, 0.5) is 0 Å². The average molecular weight is 427 g/mol. The second-order valence-corrected chi connectivity index (χ2v) is 8.40.